The van der Waals surface area contributed by atoms with Crippen LogP contribution in [0.15, 0.2) is 0 Å². The van der Waals surface area contributed by atoms with Crippen molar-refractivity contribution in [3.05, 3.63) is 0 Å². The number of hydrogen-bond acceptors (Lipinski definition) is 1. The van der Waals surface area contributed by atoms with Crippen LogP contribution in [0.1, 0.15) is 32.6 Å². The second-order valence-electron chi connectivity index (χ2n) is 2.85. The number of aliphatic hydroxyl groups excluding tert-OH is 1. The van der Waals surface area contributed by atoms with Crippen LogP contribution in [0.25, 0.3) is 0 Å². The lowest BCUT2D eigenvalue weighted by atomic mass is 9.87. The minimum atomic E-state index is -0.152. The summed E-state index contributed by atoms with van der Waals surface area (Å²) in [5, 5.41) is 9.40. The van der Waals surface area contributed by atoms with Gasteiger partial charge in [0.15, 0.2) is 0 Å². The van der Waals surface area contributed by atoms with Gasteiger partial charge in [0.1, 0.15) is 0 Å². The van der Waals surface area contributed by atoms with E-state index in [1.165, 1.54) is 12.8 Å². The number of aliphatic hydroxyl groups is 1. The molecular formula is C9H14O. The van der Waals surface area contributed by atoms with Crippen molar-refractivity contribution >= 4 is 0 Å². The van der Waals surface area contributed by atoms with Crippen LogP contribution in [0.3, 0.4) is 0 Å². The van der Waals surface area contributed by atoms with Crippen LogP contribution in [0.2, 0.25) is 0 Å². The fraction of sp³-hybridized carbons (Fsp3) is 0.778. The third-order valence-corrected chi connectivity index (χ3v) is 2.06. The Morgan fingerprint density at radius 3 is 2.60 bits per heavy atom. The van der Waals surface area contributed by atoms with Crippen LogP contribution >= 0.6 is 0 Å². The van der Waals surface area contributed by atoms with E-state index in [1.54, 1.807) is 0 Å². The molecule has 0 saturated heterocycles. The molecule has 1 nitrogen and oxygen atoms in total. The lowest BCUT2D eigenvalue weighted by Crippen LogP contribution is -2.22. The quantitative estimate of drug-likeness (QED) is 0.504. The first kappa shape index (κ1) is 7.63. The summed E-state index contributed by atoms with van der Waals surface area (Å²) in [4.78, 5) is 0. The van der Waals surface area contributed by atoms with E-state index in [0.29, 0.717) is 0 Å². The zero-order chi connectivity index (χ0) is 7.40. The molecule has 1 aliphatic carbocycles. The third kappa shape index (κ3) is 1.75. The zero-order valence-corrected chi connectivity index (χ0v) is 6.43. The van der Waals surface area contributed by atoms with Gasteiger partial charge in [0.05, 0.1) is 6.10 Å². The molecule has 0 aromatic rings. The Hall–Kier alpha value is -0.480. The molecular weight excluding hydrogens is 124 g/mol. The average molecular weight is 138 g/mol. The largest absolute Gasteiger partial charge is 0.392 e. The molecule has 0 radical (unpaired) electrons. The zero-order valence-electron chi connectivity index (χ0n) is 6.43. The Kier molecular flexibility index (Phi) is 2.77. The summed E-state index contributed by atoms with van der Waals surface area (Å²) in [5.74, 6) is 6.15. The topological polar surface area (TPSA) is 20.2 Å². The normalized spacial score (nSPS) is 32.6. The van der Waals surface area contributed by atoms with Gasteiger partial charge in [0.25, 0.3) is 0 Å². The molecule has 1 heteroatoms. The van der Waals surface area contributed by atoms with Crippen LogP contribution in [0.4, 0.5) is 0 Å². The molecule has 1 N–H and O–H groups in total. The van der Waals surface area contributed by atoms with Crippen molar-refractivity contribution in [1.82, 2.24) is 0 Å². The summed E-state index contributed by atoms with van der Waals surface area (Å²) in [5.41, 5.74) is 0. The van der Waals surface area contributed by atoms with Gasteiger partial charge in [-0.05, 0) is 19.8 Å². The van der Waals surface area contributed by atoms with Crippen LogP contribution in [-0.2, 0) is 0 Å². The summed E-state index contributed by atoms with van der Waals surface area (Å²) in [6.07, 6.45) is 4.28. The molecule has 0 spiro atoms. The van der Waals surface area contributed by atoms with E-state index in [4.69, 9.17) is 0 Å². The molecule has 1 saturated carbocycles. The Balaban J connectivity index is 2.45. The van der Waals surface area contributed by atoms with Gasteiger partial charge in [-0.1, -0.05) is 18.8 Å². The van der Waals surface area contributed by atoms with Gasteiger partial charge < -0.3 is 5.11 Å². The van der Waals surface area contributed by atoms with E-state index in [-0.39, 0.29) is 12.0 Å². The molecule has 0 bridgehead atoms. The summed E-state index contributed by atoms with van der Waals surface area (Å²) in [6.45, 7) is 1.83. The fourth-order valence-corrected chi connectivity index (χ4v) is 1.47. The lowest BCUT2D eigenvalue weighted by Gasteiger charge is -2.22. The summed E-state index contributed by atoms with van der Waals surface area (Å²) < 4.78 is 0. The molecule has 1 rings (SSSR count). The van der Waals surface area contributed by atoms with Gasteiger partial charge in [-0.2, -0.15) is 0 Å². The smallest absolute Gasteiger partial charge is 0.0677 e. The van der Waals surface area contributed by atoms with E-state index in [1.807, 2.05) is 6.92 Å². The Morgan fingerprint density at radius 2 is 2.00 bits per heavy atom. The highest BCUT2D eigenvalue weighted by Crippen LogP contribution is 2.23. The van der Waals surface area contributed by atoms with Gasteiger partial charge in [-0.3, -0.25) is 0 Å². The van der Waals surface area contributed by atoms with Crippen LogP contribution < -0.4 is 0 Å². The van der Waals surface area contributed by atoms with Crippen molar-refractivity contribution in [3.8, 4) is 11.8 Å². The fourth-order valence-electron chi connectivity index (χ4n) is 1.47. The van der Waals surface area contributed by atoms with Crippen molar-refractivity contribution in [2.24, 2.45) is 5.92 Å². The maximum atomic E-state index is 9.40. The summed E-state index contributed by atoms with van der Waals surface area (Å²) >= 11 is 0. The first-order chi connectivity index (χ1) is 4.84. The van der Waals surface area contributed by atoms with E-state index in [0.717, 1.165) is 12.8 Å². The minimum absolute atomic E-state index is 0.152. The molecule has 0 aliphatic heterocycles. The van der Waals surface area contributed by atoms with Crippen molar-refractivity contribution in [3.63, 3.8) is 0 Å². The Morgan fingerprint density at radius 1 is 1.30 bits per heavy atom. The third-order valence-electron chi connectivity index (χ3n) is 2.06. The minimum Gasteiger partial charge on any atom is -0.392 e. The second kappa shape index (κ2) is 3.63. The van der Waals surface area contributed by atoms with Gasteiger partial charge in [-0.15, -0.1) is 5.92 Å². The van der Waals surface area contributed by atoms with Crippen LogP contribution in [0.5, 0.6) is 0 Å². The lowest BCUT2D eigenvalue weighted by molar-refractivity contribution is 0.0970. The molecule has 1 aliphatic rings. The van der Waals surface area contributed by atoms with E-state index in [2.05, 4.69) is 11.8 Å². The average Bonchev–Trinajstić information content (AvgIpc) is 1.94. The number of hydrogen-bond donors (Lipinski definition) is 1. The predicted octanol–water partition coefficient (Wildman–Crippen LogP) is 1.56. The van der Waals surface area contributed by atoms with Crippen molar-refractivity contribution in [1.29, 1.82) is 0 Å². The molecule has 0 aromatic heterocycles. The molecule has 0 unspecified atom stereocenters. The SMILES string of the molecule is CC#C[C@@H]1CCCC[C@H]1O. The maximum absolute atomic E-state index is 9.40. The first-order valence-electron chi connectivity index (χ1n) is 3.95. The second-order valence-corrected chi connectivity index (χ2v) is 2.85. The molecule has 0 amide bonds. The maximum Gasteiger partial charge on any atom is 0.0677 e. The van der Waals surface area contributed by atoms with Gasteiger partial charge in [0, 0.05) is 5.92 Å². The molecule has 56 valence electrons. The summed E-state index contributed by atoms with van der Waals surface area (Å²) in [6, 6.07) is 0. The van der Waals surface area contributed by atoms with Crippen molar-refractivity contribution < 1.29 is 5.11 Å². The van der Waals surface area contributed by atoms with Gasteiger partial charge >= 0.3 is 0 Å². The van der Waals surface area contributed by atoms with E-state index >= 15 is 0 Å². The van der Waals surface area contributed by atoms with Gasteiger partial charge in [0.2, 0.25) is 0 Å². The Bertz CT molecular complexity index is 152. The predicted molar refractivity (Wildman–Crippen MR) is 41.4 cm³/mol. The van der Waals surface area contributed by atoms with Crippen LogP contribution in [0, 0.1) is 17.8 Å². The molecule has 10 heavy (non-hydrogen) atoms. The van der Waals surface area contributed by atoms with Crippen molar-refractivity contribution in [2.75, 3.05) is 0 Å². The van der Waals surface area contributed by atoms with Crippen molar-refractivity contribution in [2.45, 2.75) is 38.7 Å². The highest BCUT2D eigenvalue weighted by atomic mass is 16.3. The van der Waals surface area contributed by atoms with E-state index < -0.39 is 0 Å². The van der Waals surface area contributed by atoms with Gasteiger partial charge in [-0.25, -0.2) is 0 Å². The van der Waals surface area contributed by atoms with E-state index in [9.17, 15) is 5.11 Å². The molecule has 2 atom stereocenters. The Labute approximate surface area is 62.4 Å². The monoisotopic (exact) mass is 138 g/mol. The van der Waals surface area contributed by atoms with Crippen LogP contribution in [-0.4, -0.2) is 11.2 Å². The molecule has 0 aromatic carbocycles. The standard InChI is InChI=1S/C9H14O/c1-2-5-8-6-3-4-7-9(8)10/h8-10H,3-4,6-7H2,1H3/t8-,9-/m1/s1. The number of rotatable bonds is 0. The molecule has 0 heterocycles. The highest BCUT2D eigenvalue weighted by molar-refractivity contribution is 5.04. The molecule has 1 fully saturated rings. The summed E-state index contributed by atoms with van der Waals surface area (Å²) in [7, 11) is 0. The first-order valence-corrected chi connectivity index (χ1v) is 3.95. The highest BCUT2D eigenvalue weighted by Gasteiger charge is 2.20.